The van der Waals surface area contributed by atoms with Gasteiger partial charge in [-0.1, -0.05) is 0 Å². The molecule has 1 unspecified atom stereocenters. The van der Waals surface area contributed by atoms with Crippen LogP contribution in [-0.2, 0) is 4.79 Å². The Labute approximate surface area is 75.5 Å². The molecule has 0 spiro atoms. The Kier molecular flexibility index (Phi) is 4.07. The Balaban J connectivity index is 4.17. The molecule has 4 heteroatoms. The molecule has 0 aliphatic rings. The van der Waals surface area contributed by atoms with Crippen LogP contribution in [0.3, 0.4) is 0 Å². The number of thioether (sulfide) groups is 1. The fourth-order valence-corrected chi connectivity index (χ4v) is 1.30. The molecule has 0 rings (SSSR count). The van der Waals surface area contributed by atoms with Crippen LogP contribution in [0.25, 0.3) is 0 Å². The highest BCUT2D eigenvalue weighted by atomic mass is 35.5. The maximum absolute atomic E-state index is 10.6. The summed E-state index contributed by atoms with van der Waals surface area (Å²) in [7, 11) is 0. The van der Waals surface area contributed by atoms with Gasteiger partial charge in [0.15, 0.2) is 0 Å². The van der Waals surface area contributed by atoms with Gasteiger partial charge in [0, 0.05) is 4.75 Å². The number of hydrogen-bond donors (Lipinski definition) is 0. The molecule has 1 nitrogen and oxygen atoms in total. The lowest BCUT2D eigenvalue weighted by Crippen LogP contribution is -2.32. The van der Waals surface area contributed by atoms with E-state index >= 15 is 0 Å². The van der Waals surface area contributed by atoms with Crippen LogP contribution >= 0.6 is 35.0 Å². The largest absolute Gasteiger partial charge is 0.280 e. The number of carbonyl (C=O) groups is 1. The molecular formula is C6H10Cl2OS. The topological polar surface area (TPSA) is 17.1 Å². The van der Waals surface area contributed by atoms with Crippen LogP contribution in [0.4, 0.5) is 0 Å². The Morgan fingerprint density at radius 3 is 2.10 bits per heavy atom. The number of hydrogen-bond acceptors (Lipinski definition) is 2. The molecule has 0 fully saturated rings. The van der Waals surface area contributed by atoms with Crippen molar-refractivity contribution in [2.45, 2.75) is 24.0 Å². The van der Waals surface area contributed by atoms with Crippen LogP contribution in [0.15, 0.2) is 0 Å². The second-order valence-corrected chi connectivity index (χ2v) is 4.74. The van der Waals surface area contributed by atoms with Crippen molar-refractivity contribution in [2.24, 2.45) is 0 Å². The standard InChI is InChI=1S/C6H10Cl2OS/c1-6(2,10-3)4(7)5(8)9/h4H,1-3H3. The Bertz CT molecular complexity index is 136. The first-order chi connectivity index (χ1) is 4.41. The summed E-state index contributed by atoms with van der Waals surface area (Å²) in [5.41, 5.74) is 0. The summed E-state index contributed by atoms with van der Waals surface area (Å²) < 4.78 is -0.277. The fourth-order valence-electron chi connectivity index (χ4n) is 0.377. The van der Waals surface area contributed by atoms with Crippen LogP contribution in [0.1, 0.15) is 13.8 Å². The van der Waals surface area contributed by atoms with Gasteiger partial charge in [0.05, 0.1) is 0 Å². The highest BCUT2D eigenvalue weighted by Crippen LogP contribution is 2.30. The third-order valence-electron chi connectivity index (χ3n) is 1.34. The molecule has 0 aliphatic heterocycles. The van der Waals surface area contributed by atoms with Gasteiger partial charge in [0.25, 0.3) is 0 Å². The van der Waals surface area contributed by atoms with Gasteiger partial charge < -0.3 is 0 Å². The van der Waals surface area contributed by atoms with E-state index in [1.165, 1.54) is 11.8 Å². The van der Waals surface area contributed by atoms with Gasteiger partial charge in [-0.05, 0) is 31.7 Å². The average Bonchev–Trinajstić information content (AvgIpc) is 1.86. The maximum atomic E-state index is 10.6. The summed E-state index contributed by atoms with van der Waals surface area (Å²) in [6, 6.07) is 0. The first-order valence-electron chi connectivity index (χ1n) is 2.80. The van der Waals surface area contributed by atoms with E-state index < -0.39 is 10.6 Å². The van der Waals surface area contributed by atoms with Gasteiger partial charge >= 0.3 is 0 Å². The second kappa shape index (κ2) is 3.84. The minimum Gasteiger partial charge on any atom is -0.280 e. The normalized spacial score (nSPS) is 14.9. The molecule has 0 aromatic carbocycles. The summed E-state index contributed by atoms with van der Waals surface area (Å²) in [6.45, 7) is 3.77. The summed E-state index contributed by atoms with van der Waals surface area (Å²) >= 11 is 12.4. The van der Waals surface area contributed by atoms with E-state index in [1.807, 2.05) is 20.1 Å². The van der Waals surface area contributed by atoms with Crippen LogP contribution in [0.2, 0.25) is 0 Å². The van der Waals surface area contributed by atoms with Crippen molar-refractivity contribution < 1.29 is 4.79 Å². The molecule has 10 heavy (non-hydrogen) atoms. The van der Waals surface area contributed by atoms with E-state index in [2.05, 4.69) is 0 Å². The van der Waals surface area contributed by atoms with Crippen LogP contribution in [-0.4, -0.2) is 21.6 Å². The lowest BCUT2D eigenvalue weighted by atomic mass is 10.1. The minimum absolute atomic E-state index is 0.277. The smallest absolute Gasteiger partial charge is 0.240 e. The van der Waals surface area contributed by atoms with E-state index in [4.69, 9.17) is 23.2 Å². The quantitative estimate of drug-likeness (QED) is 0.515. The average molecular weight is 201 g/mol. The Morgan fingerprint density at radius 2 is 2.00 bits per heavy atom. The molecule has 0 saturated carbocycles. The molecular weight excluding hydrogens is 191 g/mol. The van der Waals surface area contributed by atoms with Gasteiger partial charge in [-0.2, -0.15) is 11.8 Å². The molecule has 0 aromatic heterocycles. The lowest BCUT2D eigenvalue weighted by Gasteiger charge is -2.24. The SMILES string of the molecule is CSC(C)(C)C(Cl)C(=O)Cl. The van der Waals surface area contributed by atoms with E-state index in [0.717, 1.165) is 0 Å². The minimum atomic E-state index is -0.607. The number of carbonyl (C=O) groups excluding carboxylic acids is 1. The second-order valence-electron chi connectivity index (χ2n) is 2.47. The van der Waals surface area contributed by atoms with Crippen molar-refractivity contribution in [3.8, 4) is 0 Å². The third kappa shape index (κ3) is 2.69. The Hall–Kier alpha value is 0.600. The maximum Gasteiger partial charge on any atom is 0.240 e. The zero-order valence-corrected chi connectivity index (χ0v) is 8.48. The monoisotopic (exact) mass is 200 g/mol. The zero-order chi connectivity index (χ0) is 8.36. The molecule has 0 N–H and O–H groups in total. The molecule has 0 amide bonds. The molecule has 0 aromatic rings. The van der Waals surface area contributed by atoms with Crippen LogP contribution in [0.5, 0.6) is 0 Å². The van der Waals surface area contributed by atoms with Gasteiger partial charge in [-0.25, -0.2) is 0 Å². The molecule has 1 atom stereocenters. The van der Waals surface area contributed by atoms with Crippen molar-refractivity contribution >= 4 is 40.2 Å². The van der Waals surface area contributed by atoms with Crippen LogP contribution < -0.4 is 0 Å². The van der Waals surface area contributed by atoms with Crippen molar-refractivity contribution in [3.63, 3.8) is 0 Å². The number of halogens is 2. The van der Waals surface area contributed by atoms with Crippen molar-refractivity contribution in [3.05, 3.63) is 0 Å². The van der Waals surface area contributed by atoms with Gasteiger partial charge in [0.1, 0.15) is 5.38 Å². The molecule has 0 bridgehead atoms. The molecule has 0 saturated heterocycles. The zero-order valence-electron chi connectivity index (χ0n) is 6.15. The third-order valence-corrected chi connectivity index (χ3v) is 3.83. The van der Waals surface area contributed by atoms with Gasteiger partial charge in [-0.3, -0.25) is 4.79 Å². The van der Waals surface area contributed by atoms with E-state index in [-0.39, 0.29) is 4.75 Å². The molecule has 60 valence electrons. The van der Waals surface area contributed by atoms with Crippen molar-refractivity contribution in [1.82, 2.24) is 0 Å². The molecule has 0 heterocycles. The van der Waals surface area contributed by atoms with Gasteiger partial charge in [0.2, 0.25) is 5.24 Å². The molecule has 0 radical (unpaired) electrons. The summed E-state index contributed by atoms with van der Waals surface area (Å²) in [5, 5.41) is -1.09. The van der Waals surface area contributed by atoms with E-state index in [9.17, 15) is 4.79 Å². The lowest BCUT2D eigenvalue weighted by molar-refractivity contribution is -0.111. The first kappa shape index (κ1) is 10.6. The highest BCUT2D eigenvalue weighted by Gasteiger charge is 2.31. The van der Waals surface area contributed by atoms with Gasteiger partial charge in [-0.15, -0.1) is 11.6 Å². The number of rotatable bonds is 3. The predicted molar refractivity (Wildman–Crippen MR) is 48.1 cm³/mol. The molecule has 0 aliphatic carbocycles. The van der Waals surface area contributed by atoms with Crippen molar-refractivity contribution in [1.29, 1.82) is 0 Å². The van der Waals surface area contributed by atoms with Crippen molar-refractivity contribution in [2.75, 3.05) is 6.26 Å². The number of alkyl halides is 1. The highest BCUT2D eigenvalue weighted by molar-refractivity contribution is 8.00. The summed E-state index contributed by atoms with van der Waals surface area (Å²) in [4.78, 5) is 10.6. The summed E-state index contributed by atoms with van der Waals surface area (Å²) in [6.07, 6.45) is 1.90. The Morgan fingerprint density at radius 1 is 1.60 bits per heavy atom. The fraction of sp³-hybridized carbons (Fsp3) is 0.833. The van der Waals surface area contributed by atoms with E-state index in [1.54, 1.807) is 0 Å². The predicted octanol–water partition coefficient (Wildman–Crippen LogP) is 2.50. The summed E-state index contributed by atoms with van der Waals surface area (Å²) in [5.74, 6) is 0. The first-order valence-corrected chi connectivity index (χ1v) is 4.84. The van der Waals surface area contributed by atoms with E-state index in [0.29, 0.717) is 0 Å². The van der Waals surface area contributed by atoms with Crippen LogP contribution in [0, 0.1) is 0 Å².